The third kappa shape index (κ3) is 7.84. The van der Waals surface area contributed by atoms with Gasteiger partial charge in [0.1, 0.15) is 16.4 Å². The van der Waals surface area contributed by atoms with E-state index < -0.39 is 20.8 Å². The van der Waals surface area contributed by atoms with Crippen LogP contribution in [0.15, 0.2) is 47.4 Å². The van der Waals surface area contributed by atoms with E-state index in [2.05, 4.69) is 6.92 Å². The van der Waals surface area contributed by atoms with Crippen molar-refractivity contribution in [3.8, 4) is 17.2 Å². The van der Waals surface area contributed by atoms with Crippen LogP contribution in [0.4, 0.5) is 0 Å². The molecule has 0 aliphatic heterocycles. The molecule has 142 valence electrons. The van der Waals surface area contributed by atoms with E-state index in [4.69, 9.17) is 4.74 Å². The first-order chi connectivity index (χ1) is 12.4. The molecule has 5 nitrogen and oxygen atoms in total. The average molecular weight is 400 g/mol. The van der Waals surface area contributed by atoms with Crippen LogP contribution in [0.5, 0.6) is 17.2 Å². The van der Waals surface area contributed by atoms with Gasteiger partial charge in [0.25, 0.3) is 10.1 Å². The summed E-state index contributed by atoms with van der Waals surface area (Å²) in [4.78, 5) is -0.514. The molecule has 2 rings (SSSR count). The molecule has 0 aliphatic carbocycles. The van der Waals surface area contributed by atoms with Crippen molar-refractivity contribution in [2.45, 2.75) is 56.8 Å². The Morgan fingerprint density at radius 2 is 1.63 bits per heavy atom. The first-order valence-corrected chi connectivity index (χ1v) is 10.4. The topological polar surface area (TPSA) is 86.7 Å². The Hall–Kier alpha value is -1.05. The Morgan fingerprint density at radius 1 is 0.963 bits per heavy atom. The molecule has 0 radical (unpaired) electrons. The van der Waals surface area contributed by atoms with Gasteiger partial charge in [-0.15, -0.1) is 5.75 Å². The van der Waals surface area contributed by atoms with Crippen LogP contribution < -0.4 is 39.4 Å². The van der Waals surface area contributed by atoms with E-state index in [0.717, 1.165) is 30.9 Å². The van der Waals surface area contributed by atoms with Gasteiger partial charge in [0.05, 0.1) is 0 Å². The fraction of sp³-hybridized carbons (Fsp3) is 0.400. The van der Waals surface area contributed by atoms with Gasteiger partial charge in [-0.2, -0.15) is 8.42 Å². The first kappa shape index (κ1) is 24.0. The summed E-state index contributed by atoms with van der Waals surface area (Å²) in [5, 5.41) is 11.4. The Morgan fingerprint density at radius 3 is 2.33 bits per heavy atom. The smallest absolute Gasteiger partial charge is 0.872 e. The second-order valence-corrected chi connectivity index (χ2v) is 7.70. The fourth-order valence-corrected chi connectivity index (χ4v) is 3.43. The van der Waals surface area contributed by atoms with E-state index in [1.807, 2.05) is 12.1 Å². The monoisotopic (exact) mass is 400 g/mol. The van der Waals surface area contributed by atoms with Crippen molar-refractivity contribution in [2.75, 3.05) is 0 Å². The molecule has 0 saturated carbocycles. The van der Waals surface area contributed by atoms with Crippen molar-refractivity contribution in [3.63, 3.8) is 0 Å². The zero-order chi connectivity index (χ0) is 19.0. The molecule has 0 bridgehead atoms. The molecule has 7 heteroatoms. The van der Waals surface area contributed by atoms with Gasteiger partial charge in [0.15, 0.2) is 0 Å². The molecule has 0 heterocycles. The third-order valence-electron chi connectivity index (χ3n) is 4.19. The van der Waals surface area contributed by atoms with Crippen LogP contribution in [0.25, 0.3) is 0 Å². The predicted molar refractivity (Wildman–Crippen MR) is 99.3 cm³/mol. The summed E-state index contributed by atoms with van der Waals surface area (Å²) in [7, 11) is -4.54. The normalized spacial score (nSPS) is 11.0. The summed E-state index contributed by atoms with van der Waals surface area (Å²) < 4.78 is 38.1. The maximum absolute atomic E-state index is 11.5. The van der Waals surface area contributed by atoms with Crippen molar-refractivity contribution in [3.05, 3.63) is 48.0 Å². The van der Waals surface area contributed by atoms with Gasteiger partial charge in [-0.3, -0.25) is 4.55 Å². The molecule has 0 aromatic heterocycles. The maximum Gasteiger partial charge on any atom is 1.00 e. The summed E-state index contributed by atoms with van der Waals surface area (Å²) in [6, 6.07) is 10.7. The largest absolute Gasteiger partial charge is 1.00 e. The third-order valence-corrected chi connectivity index (χ3v) is 5.06. The molecule has 2 aromatic rings. The minimum atomic E-state index is -4.54. The number of ether oxygens (including phenoxy) is 1. The standard InChI is InChI=1S/C20H26O5S.Na/c1-2-3-4-5-6-7-10-16-11-8-9-12-18(16)25-19-14-13-17(21)15-20(19)26(22,23)24;/h8-9,11-15,21H,2-7,10H2,1H3,(H,22,23,24);/q;+1/p-1. The number of aryl methyl sites for hydroxylation is 1. The molecule has 0 spiro atoms. The molecule has 0 amide bonds. The van der Waals surface area contributed by atoms with E-state index in [9.17, 15) is 18.1 Å². The van der Waals surface area contributed by atoms with Gasteiger partial charge in [-0.05, 0) is 36.6 Å². The molecule has 0 atom stereocenters. The van der Waals surface area contributed by atoms with Crippen LogP contribution in [0.2, 0.25) is 0 Å². The number of para-hydroxylation sites is 1. The molecular formula is C20H25NaO5S. The summed E-state index contributed by atoms with van der Waals surface area (Å²) >= 11 is 0. The summed E-state index contributed by atoms with van der Waals surface area (Å²) in [6.07, 6.45) is 7.90. The second-order valence-electron chi connectivity index (χ2n) is 6.31. The van der Waals surface area contributed by atoms with Crippen molar-refractivity contribution in [1.29, 1.82) is 0 Å². The molecule has 0 aliphatic rings. The maximum atomic E-state index is 11.5. The predicted octanol–water partition coefficient (Wildman–Crippen LogP) is 1.71. The van der Waals surface area contributed by atoms with Gasteiger partial charge in [-0.1, -0.05) is 63.3 Å². The Labute approximate surface area is 183 Å². The van der Waals surface area contributed by atoms with Crippen LogP contribution in [0.1, 0.15) is 51.0 Å². The minimum absolute atomic E-state index is 0. The second kappa shape index (κ2) is 11.7. The molecule has 0 fully saturated rings. The quantitative estimate of drug-likeness (QED) is 0.373. The van der Waals surface area contributed by atoms with Crippen LogP contribution in [0, 0.1) is 0 Å². The molecule has 2 aromatic carbocycles. The Kier molecular flexibility index (Phi) is 10.4. The van der Waals surface area contributed by atoms with Crippen LogP contribution in [0.3, 0.4) is 0 Å². The van der Waals surface area contributed by atoms with E-state index in [-0.39, 0.29) is 35.3 Å². The Balaban J connectivity index is 0.00000364. The molecular weight excluding hydrogens is 375 g/mol. The zero-order valence-corrected chi connectivity index (χ0v) is 18.8. The summed E-state index contributed by atoms with van der Waals surface area (Å²) in [6.45, 7) is 2.19. The van der Waals surface area contributed by atoms with Crippen LogP contribution in [-0.2, 0) is 16.5 Å². The molecule has 0 saturated heterocycles. The van der Waals surface area contributed by atoms with Gasteiger partial charge in [-0.25, -0.2) is 0 Å². The zero-order valence-electron chi connectivity index (χ0n) is 16.0. The number of benzene rings is 2. The van der Waals surface area contributed by atoms with E-state index in [0.29, 0.717) is 5.75 Å². The fourth-order valence-electron chi connectivity index (χ4n) is 2.80. The number of unbranched alkanes of at least 4 members (excludes halogenated alkanes) is 5. The number of hydrogen-bond acceptors (Lipinski definition) is 4. The molecule has 0 unspecified atom stereocenters. The van der Waals surface area contributed by atoms with Crippen molar-refractivity contribution in [1.82, 2.24) is 0 Å². The molecule has 27 heavy (non-hydrogen) atoms. The van der Waals surface area contributed by atoms with Crippen molar-refractivity contribution < 1.29 is 52.4 Å². The first-order valence-electron chi connectivity index (χ1n) is 8.96. The minimum Gasteiger partial charge on any atom is -0.872 e. The summed E-state index contributed by atoms with van der Waals surface area (Å²) in [5.41, 5.74) is 0.968. The van der Waals surface area contributed by atoms with Gasteiger partial charge >= 0.3 is 29.6 Å². The van der Waals surface area contributed by atoms with E-state index in [1.54, 1.807) is 12.1 Å². The van der Waals surface area contributed by atoms with Gasteiger partial charge in [0.2, 0.25) is 0 Å². The van der Waals surface area contributed by atoms with Crippen molar-refractivity contribution >= 4 is 10.1 Å². The van der Waals surface area contributed by atoms with E-state index >= 15 is 0 Å². The summed E-state index contributed by atoms with van der Waals surface area (Å²) in [5.74, 6) is -0.0301. The SMILES string of the molecule is CCCCCCCCc1ccccc1Oc1ccc([O-])cc1S(=O)(=O)O.[Na+]. The van der Waals surface area contributed by atoms with Gasteiger partial charge in [0, 0.05) is 0 Å². The van der Waals surface area contributed by atoms with E-state index in [1.165, 1.54) is 37.8 Å². The molecule has 1 N–H and O–H groups in total. The Bertz CT molecular complexity index is 821. The average Bonchev–Trinajstić information content (AvgIpc) is 2.60. The number of rotatable bonds is 10. The van der Waals surface area contributed by atoms with Crippen molar-refractivity contribution in [2.24, 2.45) is 0 Å². The number of hydrogen-bond donors (Lipinski definition) is 1. The van der Waals surface area contributed by atoms with Gasteiger partial charge < -0.3 is 9.84 Å². The van der Waals surface area contributed by atoms with Crippen LogP contribution in [-0.4, -0.2) is 13.0 Å². The van der Waals surface area contributed by atoms with Crippen LogP contribution >= 0.6 is 0 Å².